The maximum atomic E-state index is 14.0. The summed E-state index contributed by atoms with van der Waals surface area (Å²) in [6.07, 6.45) is 3.38. The van der Waals surface area contributed by atoms with Crippen molar-refractivity contribution in [2.24, 2.45) is 0 Å². The van der Waals surface area contributed by atoms with Crippen LogP contribution in [-0.2, 0) is 13.1 Å². The van der Waals surface area contributed by atoms with Gasteiger partial charge in [0.2, 0.25) is 0 Å². The normalized spacial score (nSPS) is 10.7. The van der Waals surface area contributed by atoms with Crippen LogP contribution in [0.15, 0.2) is 54.9 Å². The van der Waals surface area contributed by atoms with E-state index in [-0.39, 0.29) is 11.7 Å². The fraction of sp³-hybridized carbons (Fsp3) is 0.200. The number of benzene rings is 1. The molecule has 0 unspecified atom stereocenters. The number of halogens is 1. The SMILES string of the molecule is Cc1cc(C)n(Cc2ccccc2F)c1C(=O)NCc1ccncc1. The van der Waals surface area contributed by atoms with Crippen molar-refractivity contribution in [3.63, 3.8) is 0 Å². The molecule has 0 aliphatic heterocycles. The molecule has 1 N–H and O–H groups in total. The number of amides is 1. The van der Waals surface area contributed by atoms with Crippen molar-refractivity contribution in [1.29, 1.82) is 0 Å². The number of hydrogen-bond acceptors (Lipinski definition) is 2. The summed E-state index contributed by atoms with van der Waals surface area (Å²) in [4.78, 5) is 16.7. The van der Waals surface area contributed by atoms with Crippen molar-refractivity contribution in [3.05, 3.63) is 88.8 Å². The highest BCUT2D eigenvalue weighted by atomic mass is 19.1. The Labute approximate surface area is 146 Å². The van der Waals surface area contributed by atoms with Gasteiger partial charge >= 0.3 is 0 Å². The molecule has 4 nitrogen and oxygen atoms in total. The summed E-state index contributed by atoms with van der Waals surface area (Å²) < 4.78 is 15.9. The Morgan fingerprint density at radius 2 is 1.88 bits per heavy atom. The zero-order valence-corrected chi connectivity index (χ0v) is 14.3. The Bertz CT molecular complexity index is 887. The molecule has 128 valence electrons. The molecule has 0 fully saturated rings. The van der Waals surface area contributed by atoms with Gasteiger partial charge in [0, 0.05) is 30.2 Å². The third-order valence-corrected chi connectivity index (χ3v) is 4.20. The third kappa shape index (κ3) is 3.76. The number of hydrogen-bond donors (Lipinski definition) is 1. The molecule has 0 saturated carbocycles. The van der Waals surface area contributed by atoms with Crippen LogP contribution >= 0.6 is 0 Å². The van der Waals surface area contributed by atoms with Gasteiger partial charge in [-0.15, -0.1) is 0 Å². The van der Waals surface area contributed by atoms with Crippen LogP contribution in [0.4, 0.5) is 4.39 Å². The summed E-state index contributed by atoms with van der Waals surface area (Å²) in [6, 6.07) is 12.3. The van der Waals surface area contributed by atoms with Gasteiger partial charge in [0.05, 0.1) is 6.54 Å². The molecular weight excluding hydrogens is 317 g/mol. The molecule has 1 amide bonds. The first-order valence-corrected chi connectivity index (χ1v) is 8.13. The quantitative estimate of drug-likeness (QED) is 0.773. The minimum absolute atomic E-state index is 0.168. The number of rotatable bonds is 5. The van der Waals surface area contributed by atoms with Crippen LogP contribution in [0.3, 0.4) is 0 Å². The maximum Gasteiger partial charge on any atom is 0.268 e. The summed E-state index contributed by atoms with van der Waals surface area (Å²) in [6.45, 7) is 4.56. The second-order valence-electron chi connectivity index (χ2n) is 6.03. The third-order valence-electron chi connectivity index (χ3n) is 4.20. The Morgan fingerprint density at radius 3 is 2.60 bits per heavy atom. The standard InChI is InChI=1S/C20H20FN3O/c1-14-11-15(2)24(13-17-5-3-4-6-18(17)21)19(14)20(25)23-12-16-7-9-22-10-8-16/h3-11H,12-13H2,1-2H3,(H,23,25). The van der Waals surface area contributed by atoms with Gasteiger partial charge in [-0.1, -0.05) is 18.2 Å². The topological polar surface area (TPSA) is 46.9 Å². The van der Waals surface area contributed by atoms with E-state index in [1.807, 2.05) is 36.6 Å². The van der Waals surface area contributed by atoms with E-state index in [0.29, 0.717) is 24.3 Å². The summed E-state index contributed by atoms with van der Waals surface area (Å²) in [7, 11) is 0. The van der Waals surface area contributed by atoms with Gasteiger partial charge < -0.3 is 9.88 Å². The largest absolute Gasteiger partial charge is 0.347 e. The highest BCUT2D eigenvalue weighted by molar-refractivity contribution is 5.94. The Kier molecular flexibility index (Phi) is 4.93. The molecule has 0 bridgehead atoms. The van der Waals surface area contributed by atoms with Gasteiger partial charge in [0.1, 0.15) is 11.5 Å². The number of aromatic nitrogens is 2. The van der Waals surface area contributed by atoms with Crippen LogP contribution in [0.25, 0.3) is 0 Å². The predicted molar refractivity (Wildman–Crippen MR) is 94.8 cm³/mol. The van der Waals surface area contributed by atoms with Gasteiger partial charge in [-0.2, -0.15) is 0 Å². The molecule has 25 heavy (non-hydrogen) atoms. The lowest BCUT2D eigenvalue weighted by Gasteiger charge is -2.13. The van der Waals surface area contributed by atoms with Crippen molar-refractivity contribution in [2.75, 3.05) is 0 Å². The summed E-state index contributed by atoms with van der Waals surface area (Å²) >= 11 is 0. The molecule has 2 heterocycles. The van der Waals surface area contributed by atoms with E-state index < -0.39 is 0 Å². The Balaban J connectivity index is 1.83. The van der Waals surface area contributed by atoms with E-state index in [2.05, 4.69) is 10.3 Å². The molecule has 3 rings (SSSR count). The van der Waals surface area contributed by atoms with Gasteiger partial charge in [-0.25, -0.2) is 4.39 Å². The fourth-order valence-electron chi connectivity index (χ4n) is 2.92. The number of aryl methyl sites for hydroxylation is 2. The van der Waals surface area contributed by atoms with Crippen LogP contribution in [0, 0.1) is 19.7 Å². The first kappa shape index (κ1) is 16.9. The van der Waals surface area contributed by atoms with Crippen molar-refractivity contribution >= 4 is 5.91 Å². The van der Waals surface area contributed by atoms with Crippen LogP contribution in [0.2, 0.25) is 0 Å². The molecule has 2 aromatic heterocycles. The summed E-state index contributed by atoms with van der Waals surface area (Å²) in [5.74, 6) is -0.435. The Morgan fingerprint density at radius 1 is 1.16 bits per heavy atom. The van der Waals surface area contributed by atoms with Gasteiger partial charge in [0.25, 0.3) is 5.91 Å². The highest BCUT2D eigenvalue weighted by Crippen LogP contribution is 2.18. The van der Waals surface area contributed by atoms with Crippen LogP contribution in [-0.4, -0.2) is 15.5 Å². The predicted octanol–water partition coefficient (Wildman–Crippen LogP) is 3.62. The molecule has 0 aliphatic carbocycles. The average Bonchev–Trinajstić information content (AvgIpc) is 2.89. The first-order valence-electron chi connectivity index (χ1n) is 8.13. The molecule has 0 spiro atoms. The Hall–Kier alpha value is -2.95. The minimum atomic E-state index is -0.267. The zero-order valence-electron chi connectivity index (χ0n) is 14.3. The number of pyridine rings is 1. The van der Waals surface area contributed by atoms with Crippen LogP contribution < -0.4 is 5.32 Å². The number of nitrogens with one attached hydrogen (secondary N) is 1. The molecule has 0 atom stereocenters. The van der Waals surface area contributed by atoms with E-state index >= 15 is 0 Å². The molecule has 0 saturated heterocycles. The van der Waals surface area contributed by atoms with Crippen LogP contribution in [0.1, 0.15) is 32.9 Å². The zero-order chi connectivity index (χ0) is 17.8. The highest BCUT2D eigenvalue weighted by Gasteiger charge is 2.18. The monoisotopic (exact) mass is 337 g/mol. The van der Waals surface area contributed by atoms with Crippen molar-refractivity contribution < 1.29 is 9.18 Å². The molecule has 1 aromatic carbocycles. The second-order valence-corrected chi connectivity index (χ2v) is 6.03. The van der Waals surface area contributed by atoms with Crippen molar-refractivity contribution in [2.45, 2.75) is 26.9 Å². The lowest BCUT2D eigenvalue weighted by atomic mass is 10.2. The van der Waals surface area contributed by atoms with E-state index in [1.54, 1.807) is 30.6 Å². The van der Waals surface area contributed by atoms with Crippen LogP contribution in [0.5, 0.6) is 0 Å². The molecule has 5 heteroatoms. The van der Waals surface area contributed by atoms with E-state index in [1.165, 1.54) is 6.07 Å². The van der Waals surface area contributed by atoms with E-state index in [0.717, 1.165) is 16.8 Å². The fourth-order valence-corrected chi connectivity index (χ4v) is 2.92. The first-order chi connectivity index (χ1) is 12.1. The number of carbonyl (C=O) groups excluding carboxylic acids is 1. The number of carbonyl (C=O) groups is 1. The lowest BCUT2D eigenvalue weighted by Crippen LogP contribution is -2.26. The molecule has 0 aliphatic rings. The molecule has 3 aromatic rings. The molecular formula is C20H20FN3O. The average molecular weight is 337 g/mol. The van der Waals surface area contributed by atoms with E-state index in [9.17, 15) is 9.18 Å². The summed E-state index contributed by atoms with van der Waals surface area (Å²) in [5.41, 5.74) is 3.90. The van der Waals surface area contributed by atoms with Crippen molar-refractivity contribution in [1.82, 2.24) is 14.9 Å². The lowest BCUT2D eigenvalue weighted by molar-refractivity contribution is 0.0941. The minimum Gasteiger partial charge on any atom is -0.347 e. The van der Waals surface area contributed by atoms with E-state index in [4.69, 9.17) is 0 Å². The maximum absolute atomic E-state index is 14.0. The van der Waals surface area contributed by atoms with Crippen molar-refractivity contribution in [3.8, 4) is 0 Å². The summed E-state index contributed by atoms with van der Waals surface area (Å²) in [5, 5.41) is 2.93. The van der Waals surface area contributed by atoms with Gasteiger partial charge in [0.15, 0.2) is 0 Å². The second kappa shape index (κ2) is 7.30. The number of nitrogens with zero attached hydrogens (tertiary/aromatic N) is 2. The van der Waals surface area contributed by atoms with Gasteiger partial charge in [-0.3, -0.25) is 9.78 Å². The smallest absolute Gasteiger partial charge is 0.268 e. The van der Waals surface area contributed by atoms with Gasteiger partial charge in [-0.05, 0) is 49.2 Å². The molecule has 0 radical (unpaired) electrons.